The molecule has 1 rings (SSSR count). The van der Waals surface area contributed by atoms with Gasteiger partial charge in [-0.3, -0.25) is 0 Å². The standard InChI is InChI=1S/C12H11ClO3/c1-3-16-12(14)7-5-9-4-6-10(13)8-11(9)15-2/h4,6,8H,3H2,1-2H3. The van der Waals surface area contributed by atoms with Gasteiger partial charge in [-0.2, -0.15) is 0 Å². The van der Waals surface area contributed by atoms with Crippen molar-refractivity contribution in [2.75, 3.05) is 13.7 Å². The Bertz CT molecular complexity index is 443. The molecule has 0 aromatic heterocycles. The first-order chi connectivity index (χ1) is 7.67. The highest BCUT2D eigenvalue weighted by atomic mass is 35.5. The van der Waals surface area contributed by atoms with Gasteiger partial charge in [-0.15, -0.1) is 0 Å². The molecule has 0 saturated heterocycles. The van der Waals surface area contributed by atoms with Crippen molar-refractivity contribution >= 4 is 17.6 Å². The lowest BCUT2D eigenvalue weighted by atomic mass is 10.2. The number of hydrogen-bond donors (Lipinski definition) is 0. The summed E-state index contributed by atoms with van der Waals surface area (Å²) >= 11 is 5.79. The minimum atomic E-state index is -0.556. The van der Waals surface area contributed by atoms with Gasteiger partial charge in [-0.25, -0.2) is 4.79 Å². The Morgan fingerprint density at radius 1 is 1.50 bits per heavy atom. The predicted molar refractivity (Wildman–Crippen MR) is 61.5 cm³/mol. The molecule has 84 valence electrons. The van der Waals surface area contributed by atoms with Crippen molar-refractivity contribution in [1.29, 1.82) is 0 Å². The van der Waals surface area contributed by atoms with Crippen LogP contribution in [0.3, 0.4) is 0 Å². The Hall–Kier alpha value is -1.66. The third-order valence-corrected chi connectivity index (χ3v) is 1.97. The number of rotatable bonds is 2. The van der Waals surface area contributed by atoms with Crippen LogP contribution >= 0.6 is 11.6 Å². The van der Waals surface area contributed by atoms with E-state index in [4.69, 9.17) is 16.3 Å². The maximum absolute atomic E-state index is 11.0. The molecule has 0 N–H and O–H groups in total. The maximum atomic E-state index is 11.0. The van der Waals surface area contributed by atoms with E-state index in [0.717, 1.165) is 0 Å². The van der Waals surface area contributed by atoms with Gasteiger partial charge >= 0.3 is 5.97 Å². The quantitative estimate of drug-likeness (QED) is 0.586. The molecule has 0 aliphatic rings. The number of esters is 1. The molecule has 16 heavy (non-hydrogen) atoms. The molecule has 0 heterocycles. The van der Waals surface area contributed by atoms with Crippen LogP contribution in [0.15, 0.2) is 18.2 Å². The van der Waals surface area contributed by atoms with Crippen molar-refractivity contribution in [3.8, 4) is 17.6 Å². The molecule has 0 radical (unpaired) electrons. The van der Waals surface area contributed by atoms with Crippen LogP contribution in [0.25, 0.3) is 0 Å². The van der Waals surface area contributed by atoms with Crippen LogP contribution < -0.4 is 4.74 Å². The summed E-state index contributed by atoms with van der Waals surface area (Å²) in [7, 11) is 1.52. The molecular formula is C12H11ClO3. The number of hydrogen-bond acceptors (Lipinski definition) is 3. The van der Waals surface area contributed by atoms with Crippen molar-refractivity contribution in [2.24, 2.45) is 0 Å². The summed E-state index contributed by atoms with van der Waals surface area (Å²) in [6.45, 7) is 2.04. The number of carbonyl (C=O) groups is 1. The van der Waals surface area contributed by atoms with Crippen molar-refractivity contribution < 1.29 is 14.3 Å². The van der Waals surface area contributed by atoms with Crippen LogP contribution in [0.2, 0.25) is 5.02 Å². The molecule has 1 aromatic carbocycles. The van der Waals surface area contributed by atoms with Gasteiger partial charge in [-0.1, -0.05) is 17.5 Å². The van der Waals surface area contributed by atoms with Gasteiger partial charge in [0.1, 0.15) is 5.75 Å². The third kappa shape index (κ3) is 3.48. The van der Waals surface area contributed by atoms with Crippen molar-refractivity contribution in [2.45, 2.75) is 6.92 Å². The summed E-state index contributed by atoms with van der Waals surface area (Å²) in [5, 5.41) is 0.554. The number of carbonyl (C=O) groups excluding carboxylic acids is 1. The van der Waals surface area contributed by atoms with Crippen LogP contribution in [-0.4, -0.2) is 19.7 Å². The van der Waals surface area contributed by atoms with Crippen LogP contribution in [0.5, 0.6) is 5.75 Å². The molecule has 0 atom stereocenters. The Morgan fingerprint density at radius 2 is 2.25 bits per heavy atom. The molecule has 0 aliphatic heterocycles. The van der Waals surface area contributed by atoms with Gasteiger partial charge in [-0.05, 0) is 19.1 Å². The Morgan fingerprint density at radius 3 is 2.88 bits per heavy atom. The molecule has 4 heteroatoms. The zero-order chi connectivity index (χ0) is 12.0. The summed E-state index contributed by atoms with van der Waals surface area (Å²) in [6, 6.07) is 5.00. The molecule has 1 aromatic rings. The number of benzene rings is 1. The highest BCUT2D eigenvalue weighted by Crippen LogP contribution is 2.21. The van der Waals surface area contributed by atoms with Gasteiger partial charge in [0.05, 0.1) is 19.3 Å². The second kappa shape index (κ2) is 6.04. The molecule has 0 amide bonds. The van der Waals surface area contributed by atoms with Crippen molar-refractivity contribution in [3.63, 3.8) is 0 Å². The summed E-state index contributed by atoms with van der Waals surface area (Å²) in [4.78, 5) is 11.0. The predicted octanol–water partition coefficient (Wildman–Crippen LogP) is 2.26. The third-order valence-electron chi connectivity index (χ3n) is 1.74. The second-order valence-corrected chi connectivity index (χ2v) is 3.25. The molecule has 0 bridgehead atoms. The molecule has 0 spiro atoms. The average Bonchev–Trinajstić information content (AvgIpc) is 2.27. The van der Waals surface area contributed by atoms with E-state index in [2.05, 4.69) is 16.6 Å². The number of halogens is 1. The summed E-state index contributed by atoms with van der Waals surface area (Å²) in [6.07, 6.45) is 0. The van der Waals surface area contributed by atoms with E-state index >= 15 is 0 Å². The van der Waals surface area contributed by atoms with E-state index in [-0.39, 0.29) is 0 Å². The summed E-state index contributed by atoms with van der Waals surface area (Å²) in [5.41, 5.74) is 0.597. The van der Waals surface area contributed by atoms with E-state index in [0.29, 0.717) is 22.9 Å². The zero-order valence-electron chi connectivity index (χ0n) is 9.04. The molecule has 0 fully saturated rings. The lowest BCUT2D eigenvalue weighted by Crippen LogP contribution is -1.99. The molecule has 0 unspecified atom stereocenters. The van der Waals surface area contributed by atoms with Crippen LogP contribution in [0.4, 0.5) is 0 Å². The second-order valence-electron chi connectivity index (χ2n) is 2.82. The van der Waals surface area contributed by atoms with E-state index in [9.17, 15) is 4.79 Å². The van der Waals surface area contributed by atoms with E-state index < -0.39 is 5.97 Å². The van der Waals surface area contributed by atoms with Gasteiger partial charge in [0.15, 0.2) is 0 Å². The first kappa shape index (κ1) is 12.4. The Kier molecular flexibility index (Phi) is 4.68. The Balaban J connectivity index is 2.92. The molecule has 0 saturated carbocycles. The van der Waals surface area contributed by atoms with E-state index in [1.807, 2.05) is 0 Å². The minimum absolute atomic E-state index is 0.311. The lowest BCUT2D eigenvalue weighted by molar-refractivity contribution is -0.136. The highest BCUT2D eigenvalue weighted by Gasteiger charge is 2.01. The van der Waals surface area contributed by atoms with Crippen molar-refractivity contribution in [3.05, 3.63) is 28.8 Å². The average molecular weight is 239 g/mol. The summed E-state index contributed by atoms with van der Waals surface area (Å²) < 4.78 is 9.76. The molecular weight excluding hydrogens is 228 g/mol. The minimum Gasteiger partial charge on any atom is -0.495 e. The normalized spacial score (nSPS) is 8.94. The van der Waals surface area contributed by atoms with Gasteiger partial charge in [0.25, 0.3) is 0 Å². The van der Waals surface area contributed by atoms with Gasteiger partial charge < -0.3 is 9.47 Å². The fourth-order valence-electron chi connectivity index (χ4n) is 1.05. The van der Waals surface area contributed by atoms with Gasteiger partial charge in [0.2, 0.25) is 0 Å². The van der Waals surface area contributed by atoms with Crippen LogP contribution in [0, 0.1) is 11.8 Å². The zero-order valence-corrected chi connectivity index (χ0v) is 9.80. The Labute approximate surface area is 99.3 Å². The molecule has 0 aliphatic carbocycles. The maximum Gasteiger partial charge on any atom is 0.384 e. The summed E-state index contributed by atoms with van der Waals surface area (Å²) in [5.74, 6) is 5.00. The van der Waals surface area contributed by atoms with Crippen molar-refractivity contribution in [1.82, 2.24) is 0 Å². The fourth-order valence-corrected chi connectivity index (χ4v) is 1.22. The number of ether oxygens (including phenoxy) is 2. The monoisotopic (exact) mass is 238 g/mol. The largest absolute Gasteiger partial charge is 0.495 e. The lowest BCUT2D eigenvalue weighted by Gasteiger charge is -2.02. The van der Waals surface area contributed by atoms with E-state index in [1.54, 1.807) is 25.1 Å². The van der Waals surface area contributed by atoms with Crippen LogP contribution in [0.1, 0.15) is 12.5 Å². The SMILES string of the molecule is CCOC(=O)C#Cc1ccc(Cl)cc1OC. The fraction of sp³-hybridized carbons (Fsp3) is 0.250. The smallest absolute Gasteiger partial charge is 0.384 e. The van der Waals surface area contributed by atoms with E-state index in [1.165, 1.54) is 7.11 Å². The topological polar surface area (TPSA) is 35.5 Å². The van der Waals surface area contributed by atoms with Gasteiger partial charge in [0, 0.05) is 17.0 Å². The number of methoxy groups -OCH3 is 1. The first-order valence-corrected chi connectivity index (χ1v) is 5.07. The highest BCUT2D eigenvalue weighted by molar-refractivity contribution is 6.30. The first-order valence-electron chi connectivity index (χ1n) is 4.69. The van der Waals surface area contributed by atoms with Crippen LogP contribution in [-0.2, 0) is 9.53 Å². The molecule has 3 nitrogen and oxygen atoms in total.